The average molecular weight is 363 g/mol. The molecule has 0 amide bonds. The van der Waals surface area contributed by atoms with Crippen LogP contribution >= 0.6 is 0 Å². The first-order valence-corrected chi connectivity index (χ1v) is 10.1. The molecule has 2 heteroatoms. The SMILES string of the molecule is Cc1cc(C)c(O)c(C(c2cc(C)cc(C)c2O)C2C3C=CC(C3)C2C)c1. The van der Waals surface area contributed by atoms with E-state index >= 15 is 0 Å². The molecule has 4 rings (SSSR count). The van der Waals surface area contributed by atoms with Gasteiger partial charge in [0.15, 0.2) is 0 Å². The Hall–Kier alpha value is -2.22. The number of rotatable bonds is 3. The van der Waals surface area contributed by atoms with E-state index in [0.29, 0.717) is 35.2 Å². The fourth-order valence-electron chi connectivity index (χ4n) is 5.70. The monoisotopic (exact) mass is 362 g/mol. The molecule has 2 nitrogen and oxygen atoms in total. The highest BCUT2D eigenvalue weighted by Gasteiger charge is 2.47. The Morgan fingerprint density at radius 2 is 1.26 bits per heavy atom. The van der Waals surface area contributed by atoms with E-state index in [4.69, 9.17) is 0 Å². The molecule has 1 saturated carbocycles. The van der Waals surface area contributed by atoms with Crippen LogP contribution in [0.25, 0.3) is 0 Å². The third-order valence-corrected chi connectivity index (χ3v) is 6.93. The largest absolute Gasteiger partial charge is 0.507 e. The molecular formula is C25H30O2. The molecule has 0 spiro atoms. The summed E-state index contributed by atoms with van der Waals surface area (Å²) in [7, 11) is 0. The average Bonchev–Trinajstić information content (AvgIpc) is 3.19. The maximum Gasteiger partial charge on any atom is 0.122 e. The van der Waals surface area contributed by atoms with Gasteiger partial charge in [-0.05, 0) is 68.9 Å². The quantitative estimate of drug-likeness (QED) is 0.665. The number of phenolic OH excluding ortho intramolecular Hbond substituents is 2. The Kier molecular flexibility index (Phi) is 4.33. The number of phenols is 2. The van der Waals surface area contributed by atoms with Crippen LogP contribution < -0.4 is 0 Å². The lowest BCUT2D eigenvalue weighted by Gasteiger charge is -2.35. The summed E-state index contributed by atoms with van der Waals surface area (Å²) in [5.74, 6) is 2.80. The summed E-state index contributed by atoms with van der Waals surface area (Å²) in [6.45, 7) is 10.4. The van der Waals surface area contributed by atoms with Crippen LogP contribution in [0.2, 0.25) is 0 Å². The molecule has 0 aromatic heterocycles. The van der Waals surface area contributed by atoms with Crippen molar-refractivity contribution in [1.82, 2.24) is 0 Å². The number of benzene rings is 2. The van der Waals surface area contributed by atoms with Gasteiger partial charge in [-0.25, -0.2) is 0 Å². The molecule has 0 heterocycles. The summed E-state index contributed by atoms with van der Waals surface area (Å²) in [5.41, 5.74) is 6.05. The molecule has 2 aromatic carbocycles. The standard InChI is InChI=1S/C25H30O2/c1-13-8-15(3)24(26)20(10-13)23(21-11-14(2)9-16(4)25(21)27)22-17(5)18-6-7-19(22)12-18/h6-11,17-19,22-23,26-27H,12H2,1-5H3. The number of hydrogen-bond donors (Lipinski definition) is 2. The lowest BCUT2D eigenvalue weighted by Crippen LogP contribution is -2.25. The molecule has 0 radical (unpaired) electrons. The first-order chi connectivity index (χ1) is 12.8. The summed E-state index contributed by atoms with van der Waals surface area (Å²) in [6.07, 6.45) is 5.92. The van der Waals surface area contributed by atoms with Crippen LogP contribution in [0.3, 0.4) is 0 Å². The van der Waals surface area contributed by atoms with Gasteiger partial charge >= 0.3 is 0 Å². The molecule has 2 N–H and O–H groups in total. The van der Waals surface area contributed by atoms with Crippen molar-refractivity contribution in [3.63, 3.8) is 0 Å². The predicted octanol–water partition coefficient (Wildman–Crippen LogP) is 5.92. The Bertz CT molecular complexity index is 867. The third kappa shape index (κ3) is 2.86. The van der Waals surface area contributed by atoms with Crippen LogP contribution in [-0.4, -0.2) is 10.2 Å². The lowest BCUT2D eigenvalue weighted by molar-refractivity contribution is 0.292. The molecular weight excluding hydrogens is 332 g/mol. The van der Waals surface area contributed by atoms with Gasteiger partial charge in [0.1, 0.15) is 11.5 Å². The number of aryl methyl sites for hydroxylation is 4. The van der Waals surface area contributed by atoms with E-state index < -0.39 is 0 Å². The first-order valence-electron chi connectivity index (χ1n) is 10.1. The second-order valence-corrected chi connectivity index (χ2v) is 8.90. The number of hydrogen-bond acceptors (Lipinski definition) is 2. The van der Waals surface area contributed by atoms with Crippen LogP contribution in [0.4, 0.5) is 0 Å². The van der Waals surface area contributed by atoms with Gasteiger partial charge in [0.25, 0.3) is 0 Å². The Balaban J connectivity index is 1.96. The van der Waals surface area contributed by atoms with Crippen molar-refractivity contribution in [2.45, 2.75) is 47.0 Å². The van der Waals surface area contributed by atoms with Gasteiger partial charge in [-0.2, -0.15) is 0 Å². The normalized spacial score (nSPS) is 26.3. The van der Waals surface area contributed by atoms with Crippen LogP contribution in [-0.2, 0) is 0 Å². The maximum absolute atomic E-state index is 11.0. The molecule has 2 aliphatic carbocycles. The summed E-state index contributed by atoms with van der Waals surface area (Å²) in [6, 6.07) is 8.29. The highest BCUT2D eigenvalue weighted by atomic mass is 16.3. The summed E-state index contributed by atoms with van der Waals surface area (Å²) in [4.78, 5) is 0. The van der Waals surface area contributed by atoms with E-state index in [1.807, 2.05) is 26.0 Å². The predicted molar refractivity (Wildman–Crippen MR) is 110 cm³/mol. The summed E-state index contributed by atoms with van der Waals surface area (Å²) in [5, 5.41) is 22.0. The van der Waals surface area contributed by atoms with E-state index in [0.717, 1.165) is 33.4 Å². The van der Waals surface area contributed by atoms with Crippen LogP contribution in [0.1, 0.15) is 52.6 Å². The first kappa shape index (κ1) is 18.2. The third-order valence-electron chi connectivity index (χ3n) is 6.93. The van der Waals surface area contributed by atoms with Gasteiger partial charge in [0, 0.05) is 17.0 Å². The Morgan fingerprint density at radius 3 is 1.70 bits per heavy atom. The van der Waals surface area contributed by atoms with E-state index in [-0.39, 0.29) is 5.92 Å². The van der Waals surface area contributed by atoms with Crippen LogP contribution in [0.5, 0.6) is 11.5 Å². The number of aromatic hydroxyl groups is 2. The van der Waals surface area contributed by atoms with Gasteiger partial charge in [0.2, 0.25) is 0 Å². The molecule has 0 aliphatic heterocycles. The Morgan fingerprint density at radius 1 is 0.778 bits per heavy atom. The Labute approximate surface area is 162 Å². The van der Waals surface area contributed by atoms with E-state index in [1.165, 1.54) is 6.42 Å². The van der Waals surface area contributed by atoms with Gasteiger partial charge in [0.05, 0.1) is 0 Å². The van der Waals surface area contributed by atoms with Crippen molar-refractivity contribution in [3.05, 3.63) is 69.8 Å². The fourth-order valence-corrected chi connectivity index (χ4v) is 5.70. The topological polar surface area (TPSA) is 40.5 Å². The van der Waals surface area contributed by atoms with Crippen molar-refractivity contribution in [2.75, 3.05) is 0 Å². The summed E-state index contributed by atoms with van der Waals surface area (Å²) >= 11 is 0. The highest BCUT2D eigenvalue weighted by Crippen LogP contribution is 2.57. The fraction of sp³-hybridized carbons (Fsp3) is 0.440. The van der Waals surface area contributed by atoms with Gasteiger partial charge < -0.3 is 10.2 Å². The zero-order valence-corrected chi connectivity index (χ0v) is 17.0. The molecule has 1 fully saturated rings. The van der Waals surface area contributed by atoms with Crippen LogP contribution in [0.15, 0.2) is 36.4 Å². The minimum atomic E-state index is -0.00264. The van der Waals surface area contributed by atoms with Gasteiger partial charge in [-0.15, -0.1) is 0 Å². The molecule has 2 aliphatic rings. The zero-order chi connectivity index (χ0) is 19.5. The van der Waals surface area contributed by atoms with Crippen molar-refractivity contribution in [3.8, 4) is 11.5 Å². The molecule has 2 aromatic rings. The van der Waals surface area contributed by atoms with Gasteiger partial charge in [-0.3, -0.25) is 0 Å². The molecule has 4 atom stereocenters. The number of fused-ring (bicyclic) bond motifs is 2. The van der Waals surface area contributed by atoms with E-state index in [1.54, 1.807) is 0 Å². The van der Waals surface area contributed by atoms with Crippen LogP contribution in [0, 0.1) is 51.4 Å². The zero-order valence-electron chi connectivity index (χ0n) is 17.0. The van der Waals surface area contributed by atoms with Gasteiger partial charge in [-0.1, -0.05) is 54.5 Å². The van der Waals surface area contributed by atoms with Crippen molar-refractivity contribution in [2.24, 2.45) is 23.7 Å². The molecule has 2 bridgehead atoms. The smallest absolute Gasteiger partial charge is 0.122 e. The van der Waals surface area contributed by atoms with Crippen molar-refractivity contribution < 1.29 is 10.2 Å². The number of allylic oxidation sites excluding steroid dienone is 2. The maximum atomic E-state index is 11.0. The van der Waals surface area contributed by atoms with E-state index in [2.05, 4.69) is 45.1 Å². The van der Waals surface area contributed by atoms with Crippen molar-refractivity contribution >= 4 is 0 Å². The molecule has 0 saturated heterocycles. The second-order valence-electron chi connectivity index (χ2n) is 8.90. The highest BCUT2D eigenvalue weighted by molar-refractivity contribution is 5.54. The molecule has 4 unspecified atom stereocenters. The molecule has 27 heavy (non-hydrogen) atoms. The lowest BCUT2D eigenvalue weighted by atomic mass is 9.69. The van der Waals surface area contributed by atoms with E-state index in [9.17, 15) is 10.2 Å². The van der Waals surface area contributed by atoms with Crippen molar-refractivity contribution in [1.29, 1.82) is 0 Å². The molecule has 142 valence electrons. The minimum Gasteiger partial charge on any atom is -0.507 e. The summed E-state index contributed by atoms with van der Waals surface area (Å²) < 4.78 is 0. The minimum absolute atomic E-state index is 0.00264. The second kappa shape index (κ2) is 6.44.